The first kappa shape index (κ1) is 19.4. The maximum absolute atomic E-state index is 12.4. The van der Waals surface area contributed by atoms with Crippen LogP contribution in [0.3, 0.4) is 0 Å². The van der Waals surface area contributed by atoms with Crippen molar-refractivity contribution in [3.63, 3.8) is 0 Å². The van der Waals surface area contributed by atoms with Gasteiger partial charge in [-0.15, -0.1) is 11.3 Å². The first-order chi connectivity index (χ1) is 14.0. The molecule has 0 unspecified atom stereocenters. The number of thiophene rings is 1. The summed E-state index contributed by atoms with van der Waals surface area (Å²) in [6.07, 6.45) is 3.19. The molecule has 3 N–H and O–H groups in total. The first-order valence-corrected chi connectivity index (χ1v) is 10.6. The van der Waals surface area contributed by atoms with Crippen molar-refractivity contribution in [1.82, 2.24) is 10.9 Å². The van der Waals surface area contributed by atoms with Gasteiger partial charge in [0.25, 0.3) is 11.8 Å². The van der Waals surface area contributed by atoms with E-state index in [1.54, 1.807) is 24.3 Å². The van der Waals surface area contributed by atoms with Gasteiger partial charge < -0.3 is 10.1 Å². The molecule has 2 atom stereocenters. The molecule has 2 aromatic rings. The fourth-order valence-electron chi connectivity index (χ4n) is 3.69. The third kappa shape index (κ3) is 4.27. The Labute approximate surface area is 172 Å². The van der Waals surface area contributed by atoms with Gasteiger partial charge in [-0.2, -0.15) is 0 Å². The van der Waals surface area contributed by atoms with Crippen LogP contribution in [-0.4, -0.2) is 23.8 Å². The number of fused-ring (bicyclic) bond motifs is 2. The number of para-hydroxylation sites is 2. The van der Waals surface area contributed by atoms with E-state index in [0.717, 1.165) is 25.7 Å². The second-order valence-corrected chi connectivity index (χ2v) is 8.51. The summed E-state index contributed by atoms with van der Waals surface area (Å²) >= 11 is 1.48. The monoisotopic (exact) mass is 413 g/mol. The summed E-state index contributed by atoms with van der Waals surface area (Å²) in [5.74, 6) is -0.0278. The number of hydrogen-bond donors (Lipinski definition) is 3. The van der Waals surface area contributed by atoms with Gasteiger partial charge in [0.05, 0.1) is 17.0 Å². The van der Waals surface area contributed by atoms with E-state index in [4.69, 9.17) is 4.74 Å². The van der Waals surface area contributed by atoms with Crippen LogP contribution in [0.4, 0.5) is 5.69 Å². The summed E-state index contributed by atoms with van der Waals surface area (Å²) < 4.78 is 5.60. The lowest BCUT2D eigenvalue weighted by molar-refractivity contribution is -0.130. The number of nitrogens with one attached hydrogen (secondary N) is 3. The molecule has 29 heavy (non-hydrogen) atoms. The van der Waals surface area contributed by atoms with Gasteiger partial charge in [0.1, 0.15) is 5.75 Å². The second-order valence-electron chi connectivity index (χ2n) is 7.37. The Morgan fingerprint density at radius 2 is 2.10 bits per heavy atom. The molecule has 1 aliphatic heterocycles. The number of anilines is 1. The highest BCUT2D eigenvalue weighted by Gasteiger charge is 2.30. The van der Waals surface area contributed by atoms with Crippen LogP contribution in [0.5, 0.6) is 5.75 Å². The molecule has 0 radical (unpaired) electrons. The molecule has 2 aliphatic rings. The molecule has 3 amide bonds. The van der Waals surface area contributed by atoms with Crippen molar-refractivity contribution in [2.24, 2.45) is 5.92 Å². The van der Waals surface area contributed by atoms with Gasteiger partial charge in [0, 0.05) is 4.88 Å². The highest BCUT2D eigenvalue weighted by molar-refractivity contribution is 7.14. The van der Waals surface area contributed by atoms with Gasteiger partial charge in [0.15, 0.2) is 6.10 Å². The van der Waals surface area contributed by atoms with Crippen molar-refractivity contribution in [2.75, 3.05) is 5.32 Å². The predicted octanol–water partition coefficient (Wildman–Crippen LogP) is 2.81. The summed E-state index contributed by atoms with van der Waals surface area (Å²) in [5, 5.41) is 2.71. The zero-order valence-electron chi connectivity index (χ0n) is 16.1. The molecule has 0 fully saturated rings. The average molecular weight is 413 g/mol. The van der Waals surface area contributed by atoms with E-state index in [1.807, 2.05) is 6.07 Å². The van der Waals surface area contributed by atoms with Crippen molar-refractivity contribution in [1.29, 1.82) is 0 Å². The molecule has 8 heteroatoms. The fourth-order valence-corrected chi connectivity index (χ4v) is 4.80. The molecule has 1 aliphatic carbocycles. The predicted molar refractivity (Wildman–Crippen MR) is 110 cm³/mol. The Bertz CT molecular complexity index is 955. The Morgan fingerprint density at radius 3 is 2.93 bits per heavy atom. The maximum Gasteiger partial charge on any atom is 0.279 e. The lowest BCUT2D eigenvalue weighted by atomic mass is 9.87. The minimum Gasteiger partial charge on any atom is -0.478 e. The molecule has 2 heterocycles. The normalized spacial score (nSPS) is 20.0. The fraction of sp³-hybridized carbons (Fsp3) is 0.381. The van der Waals surface area contributed by atoms with Crippen LogP contribution in [0.2, 0.25) is 0 Å². The number of carbonyl (C=O) groups excluding carboxylic acids is 3. The number of carbonyl (C=O) groups is 3. The van der Waals surface area contributed by atoms with Gasteiger partial charge in [-0.25, -0.2) is 0 Å². The molecule has 0 bridgehead atoms. The molecule has 152 valence electrons. The Kier molecular flexibility index (Phi) is 5.53. The Hall–Kier alpha value is -2.87. The zero-order chi connectivity index (χ0) is 20.4. The number of rotatable bonds is 4. The second kappa shape index (κ2) is 8.24. The molecule has 7 nitrogen and oxygen atoms in total. The van der Waals surface area contributed by atoms with Gasteiger partial charge in [-0.1, -0.05) is 25.5 Å². The summed E-state index contributed by atoms with van der Waals surface area (Å²) in [6.45, 7) is 2.19. The molecule has 0 saturated heterocycles. The third-order valence-electron chi connectivity index (χ3n) is 5.38. The van der Waals surface area contributed by atoms with E-state index in [-0.39, 0.29) is 18.2 Å². The largest absolute Gasteiger partial charge is 0.478 e. The summed E-state index contributed by atoms with van der Waals surface area (Å²) in [7, 11) is 0. The summed E-state index contributed by atoms with van der Waals surface area (Å²) in [6, 6.07) is 8.96. The minimum atomic E-state index is -0.943. The van der Waals surface area contributed by atoms with E-state index in [2.05, 4.69) is 23.1 Å². The van der Waals surface area contributed by atoms with E-state index < -0.39 is 12.0 Å². The topological polar surface area (TPSA) is 96.5 Å². The van der Waals surface area contributed by atoms with Crippen LogP contribution < -0.4 is 20.9 Å². The quantitative estimate of drug-likeness (QED) is 0.672. The van der Waals surface area contributed by atoms with Gasteiger partial charge >= 0.3 is 0 Å². The molecule has 0 saturated carbocycles. The maximum atomic E-state index is 12.4. The highest BCUT2D eigenvalue weighted by atomic mass is 32.1. The van der Waals surface area contributed by atoms with Gasteiger partial charge in [-0.3, -0.25) is 25.2 Å². The average Bonchev–Trinajstić information content (AvgIpc) is 3.16. The Morgan fingerprint density at radius 1 is 1.28 bits per heavy atom. The van der Waals surface area contributed by atoms with E-state index in [9.17, 15) is 14.4 Å². The van der Waals surface area contributed by atoms with Gasteiger partial charge in [-0.05, 0) is 48.9 Å². The van der Waals surface area contributed by atoms with E-state index in [0.29, 0.717) is 22.2 Å². The number of benzene rings is 1. The van der Waals surface area contributed by atoms with Crippen LogP contribution >= 0.6 is 11.3 Å². The number of ether oxygens (including phenoxy) is 1. The number of amides is 3. The number of hydrazine groups is 1. The lowest BCUT2D eigenvalue weighted by Crippen LogP contribution is -2.46. The van der Waals surface area contributed by atoms with Crippen molar-refractivity contribution in [3.8, 4) is 5.75 Å². The Balaban J connectivity index is 1.30. The van der Waals surface area contributed by atoms with Crippen LogP contribution in [0.25, 0.3) is 0 Å². The van der Waals surface area contributed by atoms with Crippen molar-refractivity contribution in [3.05, 3.63) is 45.6 Å². The molecule has 1 aromatic heterocycles. The smallest absolute Gasteiger partial charge is 0.279 e. The lowest BCUT2D eigenvalue weighted by Gasteiger charge is -2.25. The SMILES string of the molecule is CC[C@H]1CCc2sc(C(=O)NNC(=O)C[C@H]3Oc4ccccc4NC3=O)cc2C1. The molecule has 1 aromatic carbocycles. The summed E-state index contributed by atoms with van der Waals surface area (Å²) in [5.41, 5.74) is 6.65. The van der Waals surface area contributed by atoms with E-state index in [1.165, 1.54) is 21.8 Å². The summed E-state index contributed by atoms with van der Waals surface area (Å²) in [4.78, 5) is 38.6. The van der Waals surface area contributed by atoms with Crippen LogP contribution in [0.1, 0.15) is 46.3 Å². The molecule has 0 spiro atoms. The van der Waals surface area contributed by atoms with Crippen molar-refractivity contribution in [2.45, 2.75) is 45.1 Å². The van der Waals surface area contributed by atoms with Crippen molar-refractivity contribution < 1.29 is 19.1 Å². The zero-order valence-corrected chi connectivity index (χ0v) is 16.9. The van der Waals surface area contributed by atoms with E-state index >= 15 is 0 Å². The number of aryl methyl sites for hydroxylation is 1. The van der Waals surface area contributed by atoms with Crippen LogP contribution in [-0.2, 0) is 22.4 Å². The van der Waals surface area contributed by atoms with Crippen molar-refractivity contribution >= 4 is 34.7 Å². The molecular weight excluding hydrogens is 390 g/mol. The third-order valence-corrected chi connectivity index (χ3v) is 6.61. The minimum absolute atomic E-state index is 0.195. The molecular formula is C21H23N3O4S. The number of hydrogen-bond acceptors (Lipinski definition) is 5. The van der Waals surface area contributed by atoms with Crippen LogP contribution in [0.15, 0.2) is 30.3 Å². The van der Waals surface area contributed by atoms with Crippen LogP contribution in [0, 0.1) is 5.92 Å². The van der Waals surface area contributed by atoms with Gasteiger partial charge in [0.2, 0.25) is 5.91 Å². The highest BCUT2D eigenvalue weighted by Crippen LogP contribution is 2.33. The molecule has 4 rings (SSSR count). The first-order valence-electron chi connectivity index (χ1n) is 9.80. The standard InChI is InChI=1S/C21H23N3O4S/c1-2-12-7-8-17-13(9-12)10-18(29-17)21(27)24-23-19(25)11-16-20(26)22-14-5-3-4-6-15(14)28-16/h3-6,10,12,16H,2,7-9,11H2,1H3,(H,22,26)(H,23,25)(H,24,27)/t12-,16+/m0/s1.